The normalized spacial score (nSPS) is 13.5. The minimum atomic E-state index is -0.719. The molecule has 1 aliphatic heterocycles. The van der Waals surface area contributed by atoms with Crippen LogP contribution in [0.3, 0.4) is 0 Å². The number of anilines is 2. The van der Waals surface area contributed by atoms with Crippen LogP contribution in [0.15, 0.2) is 30.3 Å². The number of hydrogen-bond donors (Lipinski definition) is 2. The van der Waals surface area contributed by atoms with E-state index in [9.17, 15) is 20.0 Å². The number of phenolic OH excluding ortho intramolecular Hbond substituents is 1. The largest absolute Gasteiger partial charge is 0.502 e. The summed E-state index contributed by atoms with van der Waals surface area (Å²) >= 11 is 0. The number of ether oxygens (including phenoxy) is 3. The zero-order chi connectivity index (χ0) is 22.4. The van der Waals surface area contributed by atoms with Crippen molar-refractivity contribution in [3.8, 4) is 17.2 Å². The molecule has 0 saturated carbocycles. The summed E-state index contributed by atoms with van der Waals surface area (Å²) in [4.78, 5) is 25.0. The maximum Gasteiger partial charge on any atom is 0.310 e. The number of benzene rings is 2. The molecule has 31 heavy (non-hydrogen) atoms. The first-order valence-corrected chi connectivity index (χ1v) is 9.99. The third-order valence-electron chi connectivity index (χ3n) is 4.70. The van der Waals surface area contributed by atoms with E-state index in [0.717, 1.165) is 17.8 Å². The molecule has 10 heteroatoms. The van der Waals surface area contributed by atoms with Gasteiger partial charge in [-0.05, 0) is 26.0 Å². The zero-order valence-electron chi connectivity index (χ0n) is 17.4. The highest BCUT2D eigenvalue weighted by molar-refractivity contribution is 6.05. The number of morpholine rings is 1. The Bertz CT molecular complexity index is 958. The van der Waals surface area contributed by atoms with Gasteiger partial charge in [0.15, 0.2) is 5.75 Å². The first-order chi connectivity index (χ1) is 14.9. The van der Waals surface area contributed by atoms with Gasteiger partial charge in [0.25, 0.3) is 5.91 Å². The van der Waals surface area contributed by atoms with Crippen molar-refractivity contribution >= 4 is 23.0 Å². The highest BCUT2D eigenvalue weighted by Gasteiger charge is 2.22. The van der Waals surface area contributed by atoms with Gasteiger partial charge in [-0.3, -0.25) is 14.9 Å². The fraction of sp³-hybridized carbons (Fsp3) is 0.381. The van der Waals surface area contributed by atoms with Crippen LogP contribution in [0, 0.1) is 10.1 Å². The van der Waals surface area contributed by atoms with E-state index in [2.05, 4.69) is 10.2 Å². The van der Waals surface area contributed by atoms with Gasteiger partial charge in [-0.2, -0.15) is 0 Å². The third kappa shape index (κ3) is 5.15. The number of nitro benzene ring substituents is 1. The standard InChI is InChI=1S/C21H25N3O7/c1-3-30-19-13-17(23-7-9-29-10-8-23)20(31-4-2)12-15(19)22-21(26)14-5-6-16(24(27)28)18(25)11-14/h5-6,11-13,25H,3-4,7-10H2,1-2H3,(H,22,26). The minimum absolute atomic E-state index is 0.0702. The van der Waals surface area contributed by atoms with Crippen LogP contribution in [-0.4, -0.2) is 55.5 Å². The van der Waals surface area contributed by atoms with Crippen LogP contribution in [0.25, 0.3) is 0 Å². The molecule has 0 radical (unpaired) electrons. The monoisotopic (exact) mass is 431 g/mol. The number of aromatic hydroxyl groups is 1. The Hall–Kier alpha value is -3.53. The fourth-order valence-electron chi connectivity index (χ4n) is 3.26. The van der Waals surface area contributed by atoms with E-state index in [1.807, 2.05) is 19.9 Å². The molecule has 166 valence electrons. The maximum absolute atomic E-state index is 12.7. The summed E-state index contributed by atoms with van der Waals surface area (Å²) in [7, 11) is 0. The SMILES string of the molecule is CCOc1cc(N2CCOCC2)c(OCC)cc1NC(=O)c1ccc([N+](=O)[O-])c(O)c1. The molecular weight excluding hydrogens is 406 g/mol. The molecule has 2 N–H and O–H groups in total. The number of nitrogens with one attached hydrogen (secondary N) is 1. The van der Waals surface area contributed by atoms with Crippen molar-refractivity contribution < 1.29 is 29.0 Å². The number of rotatable bonds is 8. The molecule has 0 aromatic heterocycles. The van der Waals surface area contributed by atoms with Gasteiger partial charge in [0, 0.05) is 36.9 Å². The van der Waals surface area contributed by atoms with Gasteiger partial charge in [0.2, 0.25) is 0 Å². The molecule has 1 aliphatic rings. The molecule has 1 amide bonds. The summed E-state index contributed by atoms with van der Waals surface area (Å²) in [5.41, 5.74) is 0.838. The van der Waals surface area contributed by atoms with Crippen molar-refractivity contribution in [1.82, 2.24) is 0 Å². The van der Waals surface area contributed by atoms with Crippen LogP contribution >= 0.6 is 0 Å². The van der Waals surface area contributed by atoms with Gasteiger partial charge in [0.1, 0.15) is 11.5 Å². The van der Waals surface area contributed by atoms with Crippen molar-refractivity contribution in [3.05, 3.63) is 46.0 Å². The fourth-order valence-corrected chi connectivity index (χ4v) is 3.26. The van der Waals surface area contributed by atoms with E-state index in [-0.39, 0.29) is 5.56 Å². The average molecular weight is 431 g/mol. The van der Waals surface area contributed by atoms with Crippen molar-refractivity contribution in [3.63, 3.8) is 0 Å². The predicted octanol–water partition coefficient (Wildman–Crippen LogP) is 3.19. The van der Waals surface area contributed by atoms with Crippen molar-refractivity contribution in [2.24, 2.45) is 0 Å². The van der Waals surface area contributed by atoms with Gasteiger partial charge >= 0.3 is 5.69 Å². The molecule has 0 atom stereocenters. The molecule has 0 aliphatic carbocycles. The first-order valence-electron chi connectivity index (χ1n) is 9.99. The number of nitro groups is 1. The van der Waals surface area contributed by atoms with Crippen LogP contribution in [-0.2, 0) is 4.74 Å². The summed E-state index contributed by atoms with van der Waals surface area (Å²) in [6.45, 7) is 7.17. The Morgan fingerprint density at radius 3 is 2.45 bits per heavy atom. The van der Waals surface area contributed by atoms with Gasteiger partial charge in [0.05, 0.1) is 42.7 Å². The molecule has 10 nitrogen and oxygen atoms in total. The molecule has 3 rings (SSSR count). The van der Waals surface area contributed by atoms with E-state index in [0.29, 0.717) is 56.7 Å². The lowest BCUT2D eigenvalue weighted by molar-refractivity contribution is -0.385. The molecule has 1 saturated heterocycles. The number of amides is 1. The maximum atomic E-state index is 12.7. The second-order valence-corrected chi connectivity index (χ2v) is 6.70. The highest BCUT2D eigenvalue weighted by atomic mass is 16.6. The molecule has 0 unspecified atom stereocenters. The summed E-state index contributed by atoms with van der Waals surface area (Å²) in [5.74, 6) is -0.0743. The number of nitrogens with zero attached hydrogens (tertiary/aromatic N) is 2. The molecule has 1 heterocycles. The molecule has 1 fully saturated rings. The molecule has 0 bridgehead atoms. The Kier molecular flexibility index (Phi) is 7.14. The molecule has 0 spiro atoms. The minimum Gasteiger partial charge on any atom is -0.502 e. The van der Waals surface area contributed by atoms with E-state index >= 15 is 0 Å². The lowest BCUT2D eigenvalue weighted by atomic mass is 10.1. The Labute approximate surface area is 179 Å². The highest BCUT2D eigenvalue weighted by Crippen LogP contribution is 2.39. The lowest BCUT2D eigenvalue weighted by Crippen LogP contribution is -2.36. The summed E-state index contributed by atoms with van der Waals surface area (Å²) < 4.78 is 17.0. The number of hydrogen-bond acceptors (Lipinski definition) is 8. The van der Waals surface area contributed by atoms with E-state index in [4.69, 9.17) is 14.2 Å². The summed E-state index contributed by atoms with van der Waals surface area (Å²) in [6.07, 6.45) is 0. The van der Waals surface area contributed by atoms with Gasteiger partial charge in [-0.25, -0.2) is 0 Å². The summed E-state index contributed by atoms with van der Waals surface area (Å²) in [5, 5.41) is 23.5. The van der Waals surface area contributed by atoms with E-state index < -0.39 is 22.3 Å². The van der Waals surface area contributed by atoms with Crippen molar-refractivity contribution in [1.29, 1.82) is 0 Å². The van der Waals surface area contributed by atoms with Crippen LogP contribution in [0.5, 0.6) is 17.2 Å². The Morgan fingerprint density at radius 2 is 1.84 bits per heavy atom. The summed E-state index contributed by atoms with van der Waals surface area (Å²) in [6, 6.07) is 6.94. The topological polar surface area (TPSA) is 123 Å². The quantitative estimate of drug-likeness (QED) is 0.482. The number of phenols is 1. The second-order valence-electron chi connectivity index (χ2n) is 6.70. The Morgan fingerprint density at radius 1 is 1.16 bits per heavy atom. The predicted molar refractivity (Wildman–Crippen MR) is 115 cm³/mol. The molecule has 2 aromatic carbocycles. The van der Waals surface area contributed by atoms with Gasteiger partial charge in [-0.15, -0.1) is 0 Å². The van der Waals surface area contributed by atoms with Gasteiger partial charge in [-0.1, -0.05) is 0 Å². The smallest absolute Gasteiger partial charge is 0.310 e. The second kappa shape index (κ2) is 9.98. The van der Waals surface area contributed by atoms with E-state index in [1.165, 1.54) is 6.07 Å². The van der Waals surface area contributed by atoms with Crippen LogP contribution < -0.4 is 19.7 Å². The molecule has 2 aromatic rings. The average Bonchev–Trinajstić information content (AvgIpc) is 2.76. The first kappa shape index (κ1) is 22.2. The lowest BCUT2D eigenvalue weighted by Gasteiger charge is -2.31. The zero-order valence-corrected chi connectivity index (χ0v) is 17.4. The van der Waals surface area contributed by atoms with Crippen LogP contribution in [0.1, 0.15) is 24.2 Å². The third-order valence-corrected chi connectivity index (χ3v) is 4.70. The number of carbonyl (C=O) groups is 1. The number of carbonyl (C=O) groups excluding carboxylic acids is 1. The van der Waals surface area contributed by atoms with Gasteiger partial charge < -0.3 is 29.5 Å². The van der Waals surface area contributed by atoms with Crippen LogP contribution in [0.2, 0.25) is 0 Å². The van der Waals surface area contributed by atoms with E-state index in [1.54, 1.807) is 6.07 Å². The van der Waals surface area contributed by atoms with Crippen molar-refractivity contribution in [2.75, 3.05) is 49.7 Å². The molecular formula is C21H25N3O7. The van der Waals surface area contributed by atoms with Crippen LogP contribution in [0.4, 0.5) is 17.1 Å². The Balaban J connectivity index is 1.93. The van der Waals surface area contributed by atoms with Crippen molar-refractivity contribution in [2.45, 2.75) is 13.8 Å².